The molecule has 0 saturated carbocycles. The Hall–Kier alpha value is -2.78. The van der Waals surface area contributed by atoms with E-state index >= 15 is 0 Å². The van der Waals surface area contributed by atoms with Crippen molar-refractivity contribution >= 4 is 23.1 Å². The second kappa shape index (κ2) is 7.85. The molecule has 4 rings (SSSR count). The van der Waals surface area contributed by atoms with Crippen molar-refractivity contribution in [1.29, 1.82) is 5.41 Å². The Morgan fingerprint density at radius 3 is 2.59 bits per heavy atom. The van der Waals surface area contributed by atoms with Crippen LogP contribution in [0.4, 0.5) is 0 Å². The van der Waals surface area contributed by atoms with E-state index in [0.29, 0.717) is 17.2 Å². The fraction of sp³-hybridized carbons (Fsp3) is 0.167. The number of nitrogens with one attached hydrogen (secondary N) is 2. The van der Waals surface area contributed by atoms with Crippen LogP contribution in [0, 0.1) is 5.41 Å². The third-order valence-electron chi connectivity index (χ3n) is 4.01. The highest BCUT2D eigenvalue weighted by atomic mass is 32.2. The van der Waals surface area contributed by atoms with Gasteiger partial charge in [0.15, 0.2) is 10.2 Å². The summed E-state index contributed by atoms with van der Waals surface area (Å²) in [4.78, 5) is 0.471. The normalized spacial score (nSPS) is 11.0. The van der Waals surface area contributed by atoms with E-state index in [9.17, 15) is 0 Å². The van der Waals surface area contributed by atoms with E-state index in [1.807, 2.05) is 18.2 Å². The van der Waals surface area contributed by atoms with Crippen LogP contribution in [0.1, 0.15) is 12.5 Å². The van der Waals surface area contributed by atoms with Gasteiger partial charge in [-0.2, -0.15) is 5.10 Å². The summed E-state index contributed by atoms with van der Waals surface area (Å²) in [6.07, 6.45) is 0. The molecule has 2 N–H and O–H groups in total. The molecule has 0 spiro atoms. The van der Waals surface area contributed by atoms with E-state index < -0.39 is 0 Å². The Labute approximate surface area is 164 Å². The van der Waals surface area contributed by atoms with Crippen molar-refractivity contribution in [3.8, 4) is 22.5 Å². The van der Waals surface area contributed by atoms with Crippen LogP contribution in [-0.4, -0.2) is 36.2 Å². The highest BCUT2D eigenvalue weighted by Crippen LogP contribution is 2.29. The van der Waals surface area contributed by atoms with Gasteiger partial charge in [0.1, 0.15) is 0 Å². The lowest BCUT2D eigenvalue weighted by atomic mass is 9.98. The molecule has 136 valence electrons. The molecule has 2 heterocycles. The summed E-state index contributed by atoms with van der Waals surface area (Å²) in [5.41, 5.74) is 4.21. The Bertz CT molecular complexity index is 1080. The molecule has 9 heteroatoms. The average molecular weight is 396 g/mol. The van der Waals surface area contributed by atoms with E-state index in [1.165, 1.54) is 11.3 Å². The summed E-state index contributed by atoms with van der Waals surface area (Å²) in [6.45, 7) is 2.68. The highest BCUT2D eigenvalue weighted by molar-refractivity contribution is 8.00. The minimum atomic E-state index is 0.471. The van der Waals surface area contributed by atoms with Crippen molar-refractivity contribution in [2.24, 2.45) is 0 Å². The molecule has 0 aliphatic carbocycles. The third kappa shape index (κ3) is 3.83. The van der Waals surface area contributed by atoms with E-state index in [4.69, 9.17) is 5.41 Å². The molecule has 0 amide bonds. The number of H-pyrrole nitrogens is 1. The molecule has 0 aliphatic heterocycles. The van der Waals surface area contributed by atoms with Crippen LogP contribution in [0.3, 0.4) is 0 Å². The number of thioether (sulfide) groups is 1. The summed E-state index contributed by atoms with van der Waals surface area (Å²) in [5.74, 6) is 1.61. The first-order chi connectivity index (χ1) is 13.2. The zero-order valence-electron chi connectivity index (χ0n) is 14.6. The Morgan fingerprint density at radius 1 is 1.11 bits per heavy atom. The van der Waals surface area contributed by atoms with Gasteiger partial charge in [-0.1, -0.05) is 78.6 Å². The molecular formula is C18H17N7S2. The van der Waals surface area contributed by atoms with Gasteiger partial charge in [0.2, 0.25) is 4.80 Å². The SMILES string of the molecule is CCSc1nn(Cc2ccc(-c3ccccc3-c3nnn[nH]3)cc2)c(=N)s1. The fourth-order valence-electron chi connectivity index (χ4n) is 2.77. The van der Waals surface area contributed by atoms with Crippen LogP contribution < -0.4 is 4.80 Å². The van der Waals surface area contributed by atoms with Crippen LogP contribution >= 0.6 is 23.1 Å². The van der Waals surface area contributed by atoms with Crippen molar-refractivity contribution in [2.75, 3.05) is 5.75 Å². The van der Waals surface area contributed by atoms with E-state index in [0.717, 1.165) is 32.3 Å². The fourth-order valence-corrected chi connectivity index (χ4v) is 4.51. The number of benzene rings is 2. The predicted molar refractivity (Wildman–Crippen MR) is 107 cm³/mol. The van der Waals surface area contributed by atoms with E-state index in [-0.39, 0.29) is 0 Å². The number of tetrazole rings is 1. The molecule has 0 saturated heterocycles. The predicted octanol–water partition coefficient (Wildman–Crippen LogP) is 3.43. The molecule has 0 radical (unpaired) electrons. The minimum absolute atomic E-state index is 0.471. The van der Waals surface area contributed by atoms with Crippen LogP contribution in [0.15, 0.2) is 52.9 Å². The van der Waals surface area contributed by atoms with Gasteiger partial charge in [-0.25, -0.2) is 9.78 Å². The Morgan fingerprint density at radius 2 is 1.89 bits per heavy atom. The maximum Gasteiger partial charge on any atom is 0.201 e. The molecule has 27 heavy (non-hydrogen) atoms. The lowest BCUT2D eigenvalue weighted by Crippen LogP contribution is -2.15. The van der Waals surface area contributed by atoms with Crippen LogP contribution in [0.25, 0.3) is 22.5 Å². The molecular weight excluding hydrogens is 378 g/mol. The topological polar surface area (TPSA) is 96.1 Å². The van der Waals surface area contributed by atoms with Crippen LogP contribution in [-0.2, 0) is 6.54 Å². The molecule has 4 aromatic rings. The molecule has 0 unspecified atom stereocenters. The molecule has 0 atom stereocenters. The average Bonchev–Trinajstić information content (AvgIpc) is 3.33. The van der Waals surface area contributed by atoms with Gasteiger partial charge >= 0.3 is 0 Å². The maximum absolute atomic E-state index is 8.09. The lowest BCUT2D eigenvalue weighted by molar-refractivity contribution is 0.631. The standard InChI is InChI=1S/C18H17N7S2/c1-2-26-18-22-25(17(19)27-18)11-12-7-9-13(10-8-12)14-5-3-4-6-15(14)16-20-23-24-21-16/h3-10,19H,2,11H2,1H3,(H,20,21,23,24). The number of aromatic amines is 1. The molecule has 0 aliphatic rings. The second-order valence-corrected chi connectivity index (χ2v) is 8.24. The second-order valence-electron chi connectivity index (χ2n) is 5.76. The number of hydrogen-bond donors (Lipinski definition) is 2. The number of hydrogen-bond acceptors (Lipinski definition) is 7. The van der Waals surface area contributed by atoms with Crippen molar-refractivity contribution in [1.82, 2.24) is 30.4 Å². The number of nitrogens with zero attached hydrogens (tertiary/aromatic N) is 5. The van der Waals surface area contributed by atoms with Crippen LogP contribution in [0.5, 0.6) is 0 Å². The number of rotatable bonds is 6. The van der Waals surface area contributed by atoms with Gasteiger partial charge < -0.3 is 0 Å². The first-order valence-corrected chi connectivity index (χ1v) is 10.2. The van der Waals surface area contributed by atoms with Crippen molar-refractivity contribution in [3.05, 3.63) is 58.9 Å². The molecule has 7 nitrogen and oxygen atoms in total. The van der Waals surface area contributed by atoms with Gasteiger partial charge in [0.05, 0.1) is 6.54 Å². The minimum Gasteiger partial charge on any atom is -0.274 e. The van der Waals surface area contributed by atoms with Crippen LogP contribution in [0.2, 0.25) is 0 Å². The van der Waals surface area contributed by atoms with Crippen molar-refractivity contribution < 1.29 is 0 Å². The summed E-state index contributed by atoms with van der Waals surface area (Å²) in [5, 5.41) is 26.8. The van der Waals surface area contributed by atoms with Gasteiger partial charge in [0.25, 0.3) is 0 Å². The molecule has 0 bridgehead atoms. The van der Waals surface area contributed by atoms with Crippen molar-refractivity contribution in [2.45, 2.75) is 17.8 Å². The van der Waals surface area contributed by atoms with Gasteiger partial charge in [-0.15, -0.1) is 5.10 Å². The molecule has 2 aromatic carbocycles. The number of aromatic nitrogens is 6. The smallest absolute Gasteiger partial charge is 0.201 e. The maximum atomic E-state index is 8.09. The zero-order valence-corrected chi connectivity index (χ0v) is 16.2. The quantitative estimate of drug-likeness (QED) is 0.488. The van der Waals surface area contributed by atoms with E-state index in [2.05, 4.69) is 63.0 Å². The lowest BCUT2D eigenvalue weighted by Gasteiger charge is -2.08. The first-order valence-electron chi connectivity index (χ1n) is 8.42. The Kier molecular flexibility index (Phi) is 5.12. The van der Waals surface area contributed by atoms with Crippen molar-refractivity contribution in [3.63, 3.8) is 0 Å². The zero-order chi connectivity index (χ0) is 18.6. The summed E-state index contributed by atoms with van der Waals surface area (Å²) < 4.78 is 2.68. The first kappa shape index (κ1) is 17.6. The highest BCUT2D eigenvalue weighted by Gasteiger charge is 2.10. The summed E-state index contributed by atoms with van der Waals surface area (Å²) in [7, 11) is 0. The monoisotopic (exact) mass is 395 g/mol. The summed E-state index contributed by atoms with van der Waals surface area (Å²) in [6, 6.07) is 16.3. The van der Waals surface area contributed by atoms with Gasteiger partial charge in [-0.05, 0) is 32.9 Å². The third-order valence-corrected chi connectivity index (χ3v) is 5.89. The van der Waals surface area contributed by atoms with Gasteiger partial charge in [0, 0.05) is 5.56 Å². The molecule has 2 aromatic heterocycles. The Balaban J connectivity index is 1.60. The van der Waals surface area contributed by atoms with E-state index in [1.54, 1.807) is 16.4 Å². The summed E-state index contributed by atoms with van der Waals surface area (Å²) >= 11 is 3.09. The van der Waals surface area contributed by atoms with Gasteiger partial charge in [-0.3, -0.25) is 5.41 Å². The molecule has 0 fully saturated rings. The largest absolute Gasteiger partial charge is 0.274 e.